The summed E-state index contributed by atoms with van der Waals surface area (Å²) in [5.41, 5.74) is 3.67. The number of hydrogen-bond donors (Lipinski definition) is 0. The van der Waals surface area contributed by atoms with Crippen molar-refractivity contribution in [2.45, 2.75) is 17.3 Å². The van der Waals surface area contributed by atoms with E-state index in [0.717, 1.165) is 61.4 Å². The molecule has 7 heteroatoms. The van der Waals surface area contributed by atoms with Gasteiger partial charge < -0.3 is 9.64 Å². The van der Waals surface area contributed by atoms with Gasteiger partial charge in [0.15, 0.2) is 4.34 Å². The van der Waals surface area contributed by atoms with E-state index in [4.69, 9.17) is 4.74 Å². The quantitative estimate of drug-likeness (QED) is 0.584. The minimum Gasteiger partial charge on any atom is -0.493 e. The molecule has 1 amide bonds. The number of carbonyl (C=O) groups is 1. The predicted octanol–water partition coefficient (Wildman–Crippen LogP) is 3.67. The van der Waals surface area contributed by atoms with Gasteiger partial charge in [-0.2, -0.15) is 0 Å². The van der Waals surface area contributed by atoms with Crippen LogP contribution < -0.4 is 4.74 Å². The second-order valence-corrected chi connectivity index (χ2v) is 9.69. The highest BCUT2D eigenvalue weighted by Crippen LogP contribution is 2.29. The zero-order valence-corrected chi connectivity index (χ0v) is 17.8. The molecule has 2 aliphatic rings. The highest BCUT2D eigenvalue weighted by molar-refractivity contribution is 8.01. The van der Waals surface area contributed by atoms with Crippen molar-refractivity contribution in [3.63, 3.8) is 0 Å². The number of aromatic nitrogens is 1. The highest BCUT2D eigenvalue weighted by atomic mass is 32.2. The molecule has 0 bridgehead atoms. The molecule has 1 saturated heterocycles. The molecule has 0 radical (unpaired) electrons. The fourth-order valence-corrected chi connectivity index (χ4v) is 5.85. The van der Waals surface area contributed by atoms with Crippen molar-refractivity contribution < 1.29 is 9.53 Å². The Labute approximate surface area is 178 Å². The molecule has 0 spiro atoms. The molecular formula is C22H23N3O2S2. The first-order chi connectivity index (χ1) is 14.2. The number of thiazole rings is 1. The second-order valence-electron chi connectivity index (χ2n) is 7.43. The van der Waals surface area contributed by atoms with Crippen LogP contribution in [0.1, 0.15) is 11.1 Å². The Balaban J connectivity index is 1.11. The number of rotatable bonds is 5. The molecule has 1 fully saturated rings. The van der Waals surface area contributed by atoms with Gasteiger partial charge in [-0.25, -0.2) is 4.98 Å². The number of hydrogen-bond acceptors (Lipinski definition) is 6. The number of para-hydroxylation sites is 1. The van der Waals surface area contributed by atoms with Crippen LogP contribution in [0.5, 0.6) is 5.75 Å². The Kier molecular flexibility index (Phi) is 5.44. The van der Waals surface area contributed by atoms with Crippen molar-refractivity contribution in [2.75, 3.05) is 38.5 Å². The lowest BCUT2D eigenvalue weighted by molar-refractivity contribution is -0.130. The molecular weight excluding hydrogens is 402 g/mol. The highest BCUT2D eigenvalue weighted by Gasteiger charge is 2.22. The zero-order chi connectivity index (χ0) is 19.6. The maximum atomic E-state index is 12.6. The van der Waals surface area contributed by atoms with Gasteiger partial charge in [-0.05, 0) is 29.3 Å². The smallest absolute Gasteiger partial charge is 0.233 e. The van der Waals surface area contributed by atoms with Crippen LogP contribution in [-0.4, -0.2) is 59.2 Å². The molecule has 0 atom stereocenters. The summed E-state index contributed by atoms with van der Waals surface area (Å²) >= 11 is 3.21. The zero-order valence-electron chi connectivity index (χ0n) is 16.2. The van der Waals surface area contributed by atoms with E-state index >= 15 is 0 Å². The monoisotopic (exact) mass is 425 g/mol. The lowest BCUT2D eigenvalue weighted by Gasteiger charge is -2.34. The van der Waals surface area contributed by atoms with Crippen molar-refractivity contribution >= 4 is 39.2 Å². The number of thioether (sulfide) groups is 1. The molecule has 3 aromatic rings. The molecule has 150 valence electrons. The number of ether oxygens (including phenoxy) is 1. The average molecular weight is 426 g/mol. The summed E-state index contributed by atoms with van der Waals surface area (Å²) in [4.78, 5) is 21.7. The van der Waals surface area contributed by atoms with Crippen molar-refractivity contribution in [3.8, 4) is 5.75 Å². The van der Waals surface area contributed by atoms with Gasteiger partial charge in [-0.15, -0.1) is 11.3 Å². The van der Waals surface area contributed by atoms with E-state index in [1.165, 1.54) is 15.8 Å². The molecule has 0 aliphatic carbocycles. The molecule has 1 aromatic heterocycles. The van der Waals surface area contributed by atoms with Crippen LogP contribution in [0.4, 0.5) is 0 Å². The van der Waals surface area contributed by atoms with Crippen LogP contribution in [0, 0.1) is 0 Å². The number of benzene rings is 2. The number of amides is 1. The van der Waals surface area contributed by atoms with E-state index in [1.54, 1.807) is 23.1 Å². The van der Waals surface area contributed by atoms with E-state index < -0.39 is 0 Å². The first kappa shape index (κ1) is 18.9. The Morgan fingerprint density at radius 3 is 2.86 bits per heavy atom. The van der Waals surface area contributed by atoms with Crippen molar-refractivity contribution in [1.82, 2.24) is 14.8 Å². The van der Waals surface area contributed by atoms with Gasteiger partial charge >= 0.3 is 0 Å². The number of fused-ring (bicyclic) bond motifs is 2. The van der Waals surface area contributed by atoms with Crippen LogP contribution in [0.3, 0.4) is 0 Å². The summed E-state index contributed by atoms with van der Waals surface area (Å²) in [6, 6.07) is 14.6. The Bertz CT molecular complexity index is 995. The number of carbonyl (C=O) groups excluding carboxylic acids is 1. The molecule has 5 nitrogen and oxygen atoms in total. The Hall–Kier alpha value is -2.09. The molecule has 5 rings (SSSR count). The molecule has 2 aromatic carbocycles. The minimum atomic E-state index is 0.212. The van der Waals surface area contributed by atoms with Gasteiger partial charge in [-0.1, -0.05) is 36.0 Å². The van der Waals surface area contributed by atoms with Crippen LogP contribution in [-0.2, 0) is 17.8 Å². The fraction of sp³-hybridized carbons (Fsp3) is 0.364. The summed E-state index contributed by atoms with van der Waals surface area (Å²) in [5, 5.41) is 0. The summed E-state index contributed by atoms with van der Waals surface area (Å²) < 4.78 is 7.74. The minimum absolute atomic E-state index is 0.212. The Morgan fingerprint density at radius 2 is 2.00 bits per heavy atom. The van der Waals surface area contributed by atoms with E-state index in [2.05, 4.69) is 34.1 Å². The van der Waals surface area contributed by atoms with Gasteiger partial charge in [0.1, 0.15) is 5.75 Å². The normalized spacial score (nSPS) is 16.8. The Morgan fingerprint density at radius 1 is 1.14 bits per heavy atom. The third-order valence-corrected chi connectivity index (χ3v) is 7.64. The van der Waals surface area contributed by atoms with E-state index in [-0.39, 0.29) is 5.91 Å². The first-order valence-corrected chi connectivity index (χ1v) is 11.8. The van der Waals surface area contributed by atoms with Crippen LogP contribution in [0.2, 0.25) is 0 Å². The van der Waals surface area contributed by atoms with Gasteiger partial charge in [0.05, 0.1) is 22.6 Å². The summed E-state index contributed by atoms with van der Waals surface area (Å²) in [7, 11) is 0. The summed E-state index contributed by atoms with van der Waals surface area (Å²) in [6.07, 6.45) is 1.01. The van der Waals surface area contributed by atoms with E-state index in [9.17, 15) is 4.79 Å². The van der Waals surface area contributed by atoms with Gasteiger partial charge in [0, 0.05) is 39.1 Å². The topological polar surface area (TPSA) is 45.7 Å². The molecule has 2 aliphatic heterocycles. The molecule has 0 N–H and O–H groups in total. The summed E-state index contributed by atoms with van der Waals surface area (Å²) in [5.74, 6) is 1.71. The van der Waals surface area contributed by atoms with Crippen LogP contribution in [0.15, 0.2) is 46.8 Å². The van der Waals surface area contributed by atoms with Gasteiger partial charge in [-0.3, -0.25) is 9.69 Å². The maximum absolute atomic E-state index is 12.6. The van der Waals surface area contributed by atoms with Gasteiger partial charge in [0.25, 0.3) is 0 Å². The van der Waals surface area contributed by atoms with Crippen molar-refractivity contribution in [3.05, 3.63) is 53.6 Å². The molecule has 29 heavy (non-hydrogen) atoms. The third kappa shape index (κ3) is 4.27. The fourth-order valence-electron chi connectivity index (χ4n) is 3.88. The van der Waals surface area contributed by atoms with Gasteiger partial charge in [0.2, 0.25) is 5.91 Å². The van der Waals surface area contributed by atoms with E-state index in [1.807, 2.05) is 23.1 Å². The summed E-state index contributed by atoms with van der Waals surface area (Å²) in [6.45, 7) is 5.18. The van der Waals surface area contributed by atoms with Crippen LogP contribution >= 0.6 is 23.1 Å². The average Bonchev–Trinajstić information content (AvgIpc) is 3.38. The maximum Gasteiger partial charge on any atom is 0.233 e. The van der Waals surface area contributed by atoms with Crippen molar-refractivity contribution in [1.29, 1.82) is 0 Å². The SMILES string of the molecule is O=C(CSc1nc2ccccc2s1)N1CCN(Cc2ccc3c(c2)CCO3)CC1. The van der Waals surface area contributed by atoms with Crippen LogP contribution in [0.25, 0.3) is 10.2 Å². The predicted molar refractivity (Wildman–Crippen MR) is 118 cm³/mol. The second kappa shape index (κ2) is 8.34. The molecule has 0 unspecified atom stereocenters. The number of piperazine rings is 1. The lowest BCUT2D eigenvalue weighted by Crippen LogP contribution is -2.48. The first-order valence-electron chi connectivity index (χ1n) is 9.98. The molecule has 3 heterocycles. The van der Waals surface area contributed by atoms with E-state index in [0.29, 0.717) is 5.75 Å². The molecule has 0 saturated carbocycles. The van der Waals surface area contributed by atoms with Crippen molar-refractivity contribution in [2.24, 2.45) is 0 Å². The number of nitrogens with zero attached hydrogens (tertiary/aromatic N) is 3. The standard InChI is InChI=1S/C22H23N3O2S2/c26-21(15-28-22-23-18-3-1-2-4-20(18)29-22)25-10-8-24(9-11-25)14-16-5-6-19-17(13-16)7-12-27-19/h1-6,13H,7-12,14-15H2. The largest absolute Gasteiger partial charge is 0.493 e. The third-order valence-electron chi connectivity index (χ3n) is 5.48. The lowest BCUT2D eigenvalue weighted by atomic mass is 10.1.